The monoisotopic (exact) mass is 317 g/mol. The van der Waals surface area contributed by atoms with Crippen LogP contribution in [0.2, 0.25) is 0 Å². The number of methoxy groups -OCH3 is 1. The molecular weight excluding hydrogens is 294 g/mol. The fourth-order valence-corrected chi connectivity index (χ4v) is 3.48. The Balaban J connectivity index is 1.70. The Morgan fingerprint density at radius 3 is 2.61 bits per heavy atom. The normalized spacial score (nSPS) is 21.9. The first-order chi connectivity index (χ1) is 11.0. The molecule has 1 amide bonds. The summed E-state index contributed by atoms with van der Waals surface area (Å²) in [5.41, 5.74) is 0.603. The molecule has 3 rings (SSSR count). The molecule has 5 nitrogen and oxygen atoms in total. The molecule has 1 spiro atoms. The Hall–Kier alpha value is -2.04. The van der Waals surface area contributed by atoms with E-state index in [4.69, 9.17) is 9.47 Å². The van der Waals surface area contributed by atoms with Gasteiger partial charge < -0.3 is 14.4 Å². The van der Waals surface area contributed by atoms with Crippen LogP contribution in [0.4, 0.5) is 4.79 Å². The van der Waals surface area contributed by atoms with E-state index in [0.29, 0.717) is 32.2 Å². The third kappa shape index (κ3) is 3.19. The lowest BCUT2D eigenvalue weighted by molar-refractivity contribution is -0.129. The smallest absolute Gasteiger partial charge is 0.410 e. The summed E-state index contributed by atoms with van der Waals surface area (Å²) in [4.78, 5) is 25.7. The number of amides is 1. The molecule has 1 atom stereocenters. The zero-order valence-electron chi connectivity index (χ0n) is 13.7. The van der Waals surface area contributed by atoms with Crippen molar-refractivity contribution in [1.82, 2.24) is 4.90 Å². The predicted molar refractivity (Wildman–Crippen MR) is 85.4 cm³/mol. The van der Waals surface area contributed by atoms with Crippen molar-refractivity contribution in [2.75, 3.05) is 13.7 Å². The predicted octanol–water partition coefficient (Wildman–Crippen LogP) is 3.48. The maximum Gasteiger partial charge on any atom is 0.410 e. The van der Waals surface area contributed by atoms with E-state index < -0.39 is 5.60 Å². The van der Waals surface area contributed by atoms with Gasteiger partial charge in [0.1, 0.15) is 17.1 Å². The number of hydrogen-bond donors (Lipinski definition) is 0. The van der Waals surface area contributed by atoms with Crippen LogP contribution < -0.4 is 4.74 Å². The molecule has 0 bridgehead atoms. The lowest BCUT2D eigenvalue weighted by Gasteiger charge is -2.44. The summed E-state index contributed by atoms with van der Waals surface area (Å²) in [6.07, 6.45) is 2.90. The molecule has 23 heavy (non-hydrogen) atoms. The molecule has 1 aliphatic heterocycles. The van der Waals surface area contributed by atoms with E-state index in [1.54, 1.807) is 12.0 Å². The molecule has 1 aromatic rings. The van der Waals surface area contributed by atoms with Crippen molar-refractivity contribution in [1.29, 1.82) is 0 Å². The van der Waals surface area contributed by atoms with Crippen molar-refractivity contribution in [3.63, 3.8) is 0 Å². The second kappa shape index (κ2) is 6.22. The zero-order valence-corrected chi connectivity index (χ0v) is 13.7. The molecular formula is C18H23NO4. The highest BCUT2D eigenvalue weighted by molar-refractivity contribution is 5.80. The number of benzene rings is 1. The first-order valence-electron chi connectivity index (χ1n) is 8.18. The largest absolute Gasteiger partial charge is 0.497 e. The van der Waals surface area contributed by atoms with Crippen molar-refractivity contribution in [2.24, 2.45) is 0 Å². The SMILES string of the molecule is COc1cccc([C@H](C)N2CCC3(CCC(=O)CC3)OC2=O)c1. The molecule has 1 aromatic carbocycles. The Labute approximate surface area is 136 Å². The van der Waals surface area contributed by atoms with Crippen LogP contribution in [0.25, 0.3) is 0 Å². The van der Waals surface area contributed by atoms with E-state index in [1.807, 2.05) is 31.2 Å². The molecule has 5 heteroatoms. The van der Waals surface area contributed by atoms with Gasteiger partial charge in [0, 0.05) is 25.8 Å². The third-order valence-corrected chi connectivity index (χ3v) is 5.11. The second-order valence-electron chi connectivity index (χ2n) is 6.49. The van der Waals surface area contributed by atoms with E-state index in [9.17, 15) is 9.59 Å². The van der Waals surface area contributed by atoms with Gasteiger partial charge in [-0.3, -0.25) is 4.79 Å². The number of ether oxygens (including phenoxy) is 2. The number of nitrogens with zero attached hydrogens (tertiary/aromatic N) is 1. The van der Waals surface area contributed by atoms with Crippen molar-refractivity contribution < 1.29 is 19.1 Å². The van der Waals surface area contributed by atoms with Gasteiger partial charge in [0.2, 0.25) is 0 Å². The molecule has 0 aromatic heterocycles. The number of carbonyl (C=O) groups is 2. The van der Waals surface area contributed by atoms with E-state index >= 15 is 0 Å². The number of ketones is 1. The summed E-state index contributed by atoms with van der Waals surface area (Å²) in [5.74, 6) is 1.06. The summed E-state index contributed by atoms with van der Waals surface area (Å²) < 4.78 is 11.0. The molecule has 1 aliphatic carbocycles. The van der Waals surface area contributed by atoms with Gasteiger partial charge in [-0.1, -0.05) is 12.1 Å². The van der Waals surface area contributed by atoms with Crippen LogP contribution in [-0.2, 0) is 9.53 Å². The summed E-state index contributed by atoms with van der Waals surface area (Å²) in [7, 11) is 1.63. The van der Waals surface area contributed by atoms with Crippen molar-refractivity contribution in [2.45, 2.75) is 50.7 Å². The minimum atomic E-state index is -0.421. The summed E-state index contributed by atoms with van der Waals surface area (Å²) in [5, 5.41) is 0. The highest BCUT2D eigenvalue weighted by Gasteiger charge is 2.44. The standard InChI is InChI=1S/C18H23NO4/c1-13(14-4-3-5-16(12-14)22-2)19-11-10-18(23-17(19)21)8-6-15(20)7-9-18/h3-5,12-13H,6-11H2,1-2H3/t13-/m0/s1. The van der Waals surface area contributed by atoms with Gasteiger partial charge in [0.25, 0.3) is 0 Å². The highest BCUT2D eigenvalue weighted by Crippen LogP contribution is 2.38. The maximum atomic E-state index is 12.5. The van der Waals surface area contributed by atoms with Crippen LogP contribution in [0.5, 0.6) is 5.75 Å². The average molecular weight is 317 g/mol. The molecule has 2 fully saturated rings. The van der Waals surface area contributed by atoms with Gasteiger partial charge >= 0.3 is 6.09 Å². The molecule has 1 heterocycles. The Morgan fingerprint density at radius 1 is 1.22 bits per heavy atom. The van der Waals surface area contributed by atoms with Crippen LogP contribution in [0, 0.1) is 0 Å². The molecule has 124 valence electrons. The lowest BCUT2D eigenvalue weighted by atomic mass is 9.80. The highest BCUT2D eigenvalue weighted by atomic mass is 16.6. The molecule has 0 radical (unpaired) electrons. The van der Waals surface area contributed by atoms with Crippen molar-refractivity contribution >= 4 is 11.9 Å². The second-order valence-corrected chi connectivity index (χ2v) is 6.49. The summed E-state index contributed by atoms with van der Waals surface area (Å²) >= 11 is 0. The number of hydrogen-bond acceptors (Lipinski definition) is 4. The number of rotatable bonds is 3. The maximum absolute atomic E-state index is 12.5. The van der Waals surface area contributed by atoms with Crippen molar-refractivity contribution in [3.8, 4) is 5.75 Å². The average Bonchev–Trinajstić information content (AvgIpc) is 2.57. The van der Waals surface area contributed by atoms with Crippen LogP contribution in [0.15, 0.2) is 24.3 Å². The van der Waals surface area contributed by atoms with Gasteiger partial charge in [0.15, 0.2) is 0 Å². The van der Waals surface area contributed by atoms with Gasteiger partial charge in [0.05, 0.1) is 13.2 Å². The van der Waals surface area contributed by atoms with Gasteiger partial charge in [-0.05, 0) is 37.5 Å². The fourth-order valence-electron chi connectivity index (χ4n) is 3.48. The summed E-state index contributed by atoms with van der Waals surface area (Å²) in [6, 6.07) is 7.68. The van der Waals surface area contributed by atoms with Gasteiger partial charge in [-0.25, -0.2) is 4.79 Å². The Morgan fingerprint density at radius 2 is 1.96 bits per heavy atom. The fraction of sp³-hybridized carbons (Fsp3) is 0.556. The third-order valence-electron chi connectivity index (χ3n) is 5.11. The van der Waals surface area contributed by atoms with Crippen molar-refractivity contribution in [3.05, 3.63) is 29.8 Å². The number of carbonyl (C=O) groups excluding carboxylic acids is 2. The summed E-state index contributed by atoms with van der Waals surface area (Å²) in [6.45, 7) is 2.66. The topological polar surface area (TPSA) is 55.8 Å². The van der Waals surface area contributed by atoms with Gasteiger partial charge in [-0.15, -0.1) is 0 Å². The minimum Gasteiger partial charge on any atom is -0.497 e. The molecule has 0 N–H and O–H groups in total. The van der Waals surface area contributed by atoms with E-state index in [-0.39, 0.29) is 17.9 Å². The lowest BCUT2D eigenvalue weighted by Crippen LogP contribution is -2.51. The zero-order chi connectivity index (χ0) is 16.4. The van der Waals surface area contributed by atoms with E-state index in [2.05, 4.69) is 0 Å². The van der Waals surface area contributed by atoms with Crippen LogP contribution in [0.3, 0.4) is 0 Å². The van der Waals surface area contributed by atoms with Gasteiger partial charge in [-0.2, -0.15) is 0 Å². The molecule has 0 unspecified atom stereocenters. The Kier molecular flexibility index (Phi) is 4.28. The van der Waals surface area contributed by atoms with Crippen LogP contribution >= 0.6 is 0 Å². The first kappa shape index (κ1) is 15.8. The number of Topliss-reactive ketones (excluding diaryl/α,β-unsaturated/α-hetero) is 1. The molecule has 1 saturated carbocycles. The van der Waals surface area contributed by atoms with Crippen LogP contribution in [0.1, 0.15) is 50.6 Å². The Bertz CT molecular complexity index is 603. The van der Waals surface area contributed by atoms with E-state index in [0.717, 1.165) is 17.7 Å². The van der Waals surface area contributed by atoms with E-state index in [1.165, 1.54) is 0 Å². The first-order valence-corrected chi connectivity index (χ1v) is 8.18. The molecule has 1 saturated heterocycles. The quantitative estimate of drug-likeness (QED) is 0.856. The van der Waals surface area contributed by atoms with Crippen LogP contribution in [-0.4, -0.2) is 36.0 Å². The molecule has 2 aliphatic rings. The minimum absolute atomic E-state index is 0.0693.